The van der Waals surface area contributed by atoms with Gasteiger partial charge in [-0.25, -0.2) is 0 Å². The van der Waals surface area contributed by atoms with E-state index in [1.54, 1.807) is 0 Å². The third-order valence-electron chi connectivity index (χ3n) is 10.1. The lowest BCUT2D eigenvalue weighted by atomic mass is 9.34. The zero-order valence-corrected chi connectivity index (χ0v) is 27.3. The van der Waals surface area contributed by atoms with Crippen LogP contribution in [-0.2, 0) is 0 Å². The first-order valence-corrected chi connectivity index (χ1v) is 16.6. The average molecular weight is 617 g/mol. The van der Waals surface area contributed by atoms with Gasteiger partial charge in [0.05, 0.1) is 0 Å². The summed E-state index contributed by atoms with van der Waals surface area (Å²) in [6, 6.07) is 52.0. The molecule has 0 fully saturated rings. The molecular weight excluding hydrogens is 583 g/mol. The summed E-state index contributed by atoms with van der Waals surface area (Å²) in [5.74, 6) is 3.51. The summed E-state index contributed by atoms with van der Waals surface area (Å²) < 4.78 is 14.2. The number of ether oxygens (including phenoxy) is 2. The van der Waals surface area contributed by atoms with Gasteiger partial charge in [-0.3, -0.25) is 0 Å². The molecule has 0 aliphatic carbocycles. The molecule has 228 valence electrons. The van der Waals surface area contributed by atoms with Gasteiger partial charge >= 0.3 is 0 Å². The van der Waals surface area contributed by atoms with Crippen molar-refractivity contribution in [2.24, 2.45) is 0 Å². The summed E-state index contributed by atoms with van der Waals surface area (Å²) in [7, 11) is 0. The normalized spacial score (nSPS) is 12.4. The number of hydrogen-bond donors (Lipinski definition) is 0. The van der Waals surface area contributed by atoms with Gasteiger partial charge in [0.15, 0.2) is 0 Å². The zero-order valence-electron chi connectivity index (χ0n) is 27.3. The van der Waals surface area contributed by atoms with Crippen molar-refractivity contribution in [3.05, 3.63) is 162 Å². The Balaban J connectivity index is 1.35. The second-order valence-corrected chi connectivity index (χ2v) is 13.0. The minimum absolute atomic E-state index is 0.0648. The monoisotopic (exact) mass is 616 g/mol. The molecule has 0 spiro atoms. The maximum absolute atomic E-state index is 7.12. The lowest BCUT2D eigenvalue weighted by Crippen LogP contribution is -2.57. The van der Waals surface area contributed by atoms with Crippen LogP contribution in [0, 0.1) is 20.8 Å². The molecule has 0 radical (unpaired) electrons. The van der Waals surface area contributed by atoms with Gasteiger partial charge in [0, 0.05) is 16.6 Å². The fourth-order valence-corrected chi connectivity index (χ4v) is 7.60. The van der Waals surface area contributed by atoms with Crippen LogP contribution in [0.2, 0.25) is 0 Å². The highest BCUT2D eigenvalue weighted by molar-refractivity contribution is 6.98. The van der Waals surface area contributed by atoms with Crippen LogP contribution < -0.4 is 25.9 Å². The van der Waals surface area contributed by atoms with Crippen LogP contribution in [0.4, 0.5) is 0 Å². The first-order chi connectivity index (χ1) is 23.5. The molecule has 0 bridgehead atoms. The molecule has 2 aliphatic rings. The van der Waals surface area contributed by atoms with E-state index in [0.717, 1.165) is 72.8 Å². The SMILES string of the molecule is Cc1ccccc1-c1ccc2c(c1)Oc1c(-c3ccccc3C)cc(-c3ccccc3C)c3c1B2c1ccc(-c2ccccc2)cc1O3. The predicted molar refractivity (Wildman–Crippen MR) is 200 cm³/mol. The molecule has 2 aliphatic heterocycles. The smallest absolute Gasteiger partial charge is 0.260 e. The number of rotatable bonds is 4. The molecule has 0 N–H and O–H groups in total. The molecule has 2 heterocycles. The Morgan fingerprint density at radius 3 is 1.38 bits per heavy atom. The van der Waals surface area contributed by atoms with Crippen molar-refractivity contribution >= 4 is 23.1 Å². The Kier molecular flexibility index (Phi) is 6.62. The fourth-order valence-electron chi connectivity index (χ4n) is 7.60. The van der Waals surface area contributed by atoms with Crippen LogP contribution >= 0.6 is 0 Å². The van der Waals surface area contributed by atoms with E-state index in [2.05, 4.69) is 166 Å². The lowest BCUT2D eigenvalue weighted by Gasteiger charge is -2.36. The van der Waals surface area contributed by atoms with Crippen molar-refractivity contribution in [1.82, 2.24) is 0 Å². The first-order valence-electron chi connectivity index (χ1n) is 16.6. The highest BCUT2D eigenvalue weighted by Gasteiger charge is 2.43. The number of fused-ring (bicyclic) bond motifs is 4. The second-order valence-electron chi connectivity index (χ2n) is 13.0. The number of hydrogen-bond acceptors (Lipinski definition) is 2. The maximum Gasteiger partial charge on any atom is 0.260 e. The molecule has 3 heteroatoms. The van der Waals surface area contributed by atoms with E-state index in [1.165, 1.54) is 27.8 Å². The van der Waals surface area contributed by atoms with Crippen LogP contribution in [0.3, 0.4) is 0 Å². The van der Waals surface area contributed by atoms with Crippen molar-refractivity contribution in [2.45, 2.75) is 20.8 Å². The first kappa shape index (κ1) is 28.4. The second kappa shape index (κ2) is 11.2. The number of aryl methyl sites for hydroxylation is 3. The standard InChI is InChI=1S/C45H33BO2/c1-28-13-7-10-18-34(28)33-22-24-40-42(26-33)48-45-38(36-20-12-9-15-30(36)3)27-37(35-19-11-8-14-29(35)2)44-43(45)46(40)39-23-21-32(25-41(39)47-44)31-16-5-4-6-17-31/h4-27H,1-3H3. The lowest BCUT2D eigenvalue weighted by molar-refractivity contribution is 0.467. The Morgan fingerprint density at radius 2 is 0.833 bits per heavy atom. The van der Waals surface area contributed by atoms with E-state index >= 15 is 0 Å². The summed E-state index contributed by atoms with van der Waals surface area (Å²) >= 11 is 0. The molecular formula is C45H33BO2. The Labute approximate surface area is 282 Å². The summed E-state index contributed by atoms with van der Waals surface area (Å²) in [5, 5.41) is 0. The van der Waals surface area contributed by atoms with Crippen LogP contribution in [0.25, 0.3) is 44.5 Å². The van der Waals surface area contributed by atoms with Gasteiger partial charge in [-0.15, -0.1) is 0 Å². The Hall–Kier alpha value is -5.80. The summed E-state index contributed by atoms with van der Waals surface area (Å²) in [6.45, 7) is 6.45. The van der Waals surface area contributed by atoms with E-state index < -0.39 is 0 Å². The largest absolute Gasteiger partial charge is 0.458 e. The van der Waals surface area contributed by atoms with Crippen molar-refractivity contribution in [3.63, 3.8) is 0 Å². The highest BCUT2D eigenvalue weighted by Crippen LogP contribution is 2.47. The average Bonchev–Trinajstić information content (AvgIpc) is 3.12. The molecule has 7 aromatic rings. The van der Waals surface area contributed by atoms with E-state index in [1.807, 2.05) is 0 Å². The quantitative estimate of drug-likeness (QED) is 0.183. The fraction of sp³-hybridized carbons (Fsp3) is 0.0667. The van der Waals surface area contributed by atoms with Crippen LogP contribution in [0.1, 0.15) is 16.7 Å². The van der Waals surface area contributed by atoms with Crippen molar-refractivity contribution in [1.29, 1.82) is 0 Å². The Morgan fingerprint density at radius 1 is 0.375 bits per heavy atom. The molecule has 48 heavy (non-hydrogen) atoms. The zero-order chi connectivity index (χ0) is 32.4. The van der Waals surface area contributed by atoms with Crippen LogP contribution in [0.5, 0.6) is 23.0 Å². The van der Waals surface area contributed by atoms with Crippen molar-refractivity contribution < 1.29 is 9.47 Å². The van der Waals surface area contributed by atoms with E-state index in [-0.39, 0.29) is 6.71 Å². The van der Waals surface area contributed by atoms with Gasteiger partial charge < -0.3 is 9.47 Å². The summed E-state index contributed by atoms with van der Waals surface area (Å²) in [6.07, 6.45) is 0. The molecule has 9 rings (SSSR count). The van der Waals surface area contributed by atoms with Crippen molar-refractivity contribution in [2.75, 3.05) is 0 Å². The molecule has 0 atom stereocenters. The predicted octanol–water partition coefficient (Wildman–Crippen LogP) is 10.0. The molecule has 0 saturated heterocycles. The van der Waals surface area contributed by atoms with Crippen LogP contribution in [0.15, 0.2) is 146 Å². The Bertz CT molecular complexity index is 2390. The minimum atomic E-state index is -0.0648. The summed E-state index contributed by atoms with van der Waals surface area (Å²) in [4.78, 5) is 0. The van der Waals surface area contributed by atoms with Crippen molar-refractivity contribution in [3.8, 4) is 67.5 Å². The van der Waals surface area contributed by atoms with Gasteiger partial charge in [-0.1, -0.05) is 127 Å². The van der Waals surface area contributed by atoms with E-state index in [9.17, 15) is 0 Å². The third kappa shape index (κ3) is 4.50. The van der Waals surface area contributed by atoms with Gasteiger partial charge in [-0.05, 0) is 100.0 Å². The van der Waals surface area contributed by atoms with Gasteiger partial charge in [0.2, 0.25) is 0 Å². The van der Waals surface area contributed by atoms with E-state index in [4.69, 9.17) is 9.47 Å². The molecule has 0 saturated carbocycles. The maximum atomic E-state index is 7.12. The summed E-state index contributed by atoms with van der Waals surface area (Å²) in [5.41, 5.74) is 16.2. The van der Waals surface area contributed by atoms with Crippen LogP contribution in [-0.4, -0.2) is 6.71 Å². The van der Waals surface area contributed by atoms with Gasteiger partial charge in [0.1, 0.15) is 23.0 Å². The highest BCUT2D eigenvalue weighted by atomic mass is 16.5. The van der Waals surface area contributed by atoms with Gasteiger partial charge in [0.25, 0.3) is 6.71 Å². The molecule has 2 nitrogen and oxygen atoms in total. The van der Waals surface area contributed by atoms with Gasteiger partial charge in [-0.2, -0.15) is 0 Å². The minimum Gasteiger partial charge on any atom is -0.458 e. The third-order valence-corrected chi connectivity index (χ3v) is 10.1. The molecule has 7 aromatic carbocycles. The topological polar surface area (TPSA) is 18.5 Å². The molecule has 0 unspecified atom stereocenters. The molecule has 0 aromatic heterocycles. The number of benzene rings is 7. The molecule has 0 amide bonds. The van der Waals surface area contributed by atoms with E-state index in [0.29, 0.717) is 0 Å².